The van der Waals surface area contributed by atoms with Crippen LogP contribution in [0.3, 0.4) is 0 Å². The van der Waals surface area contributed by atoms with Crippen LogP contribution in [0.2, 0.25) is 0 Å². The van der Waals surface area contributed by atoms with Crippen LogP contribution in [0.1, 0.15) is 11.7 Å². The molecule has 0 aliphatic carbocycles. The van der Waals surface area contributed by atoms with Crippen molar-refractivity contribution in [2.75, 3.05) is 11.9 Å². The van der Waals surface area contributed by atoms with Crippen molar-refractivity contribution in [3.05, 3.63) is 85.1 Å². The summed E-state index contributed by atoms with van der Waals surface area (Å²) < 4.78 is 0. The van der Waals surface area contributed by atoms with Crippen LogP contribution in [-0.2, 0) is 0 Å². The third-order valence-corrected chi connectivity index (χ3v) is 4.12. The molecule has 4 heterocycles. The SMILES string of the molecule is OC(CNc1cc(-c2cccnc2)nc(-c2ccccn2)n1)c1cccnc1. The largest absolute Gasteiger partial charge is 0.387 e. The van der Waals surface area contributed by atoms with Gasteiger partial charge in [-0.3, -0.25) is 15.0 Å². The lowest BCUT2D eigenvalue weighted by atomic mass is 10.1. The maximum Gasteiger partial charge on any atom is 0.180 e. The minimum atomic E-state index is -0.705. The van der Waals surface area contributed by atoms with Crippen molar-refractivity contribution in [2.24, 2.45) is 0 Å². The molecule has 0 aromatic carbocycles. The second-order valence-electron chi connectivity index (χ2n) is 6.10. The lowest BCUT2D eigenvalue weighted by molar-refractivity contribution is 0.191. The van der Waals surface area contributed by atoms with Crippen LogP contribution < -0.4 is 5.32 Å². The summed E-state index contributed by atoms with van der Waals surface area (Å²) in [7, 11) is 0. The number of pyridine rings is 3. The molecule has 4 rings (SSSR count). The van der Waals surface area contributed by atoms with E-state index in [0.29, 0.717) is 17.3 Å². The third kappa shape index (κ3) is 4.16. The summed E-state index contributed by atoms with van der Waals surface area (Å²) in [6, 6.07) is 14.8. The zero-order valence-corrected chi connectivity index (χ0v) is 15.0. The summed E-state index contributed by atoms with van der Waals surface area (Å²) in [6.07, 6.45) is 7.78. The molecule has 0 spiro atoms. The van der Waals surface area contributed by atoms with Crippen molar-refractivity contribution >= 4 is 5.82 Å². The van der Waals surface area contributed by atoms with Gasteiger partial charge < -0.3 is 10.4 Å². The van der Waals surface area contributed by atoms with E-state index in [-0.39, 0.29) is 6.54 Å². The highest BCUT2D eigenvalue weighted by Gasteiger charge is 2.12. The Labute approximate surface area is 162 Å². The highest BCUT2D eigenvalue weighted by Crippen LogP contribution is 2.23. The Balaban J connectivity index is 1.64. The Kier molecular flexibility index (Phi) is 5.26. The first-order valence-electron chi connectivity index (χ1n) is 8.82. The second-order valence-corrected chi connectivity index (χ2v) is 6.10. The summed E-state index contributed by atoms with van der Waals surface area (Å²) >= 11 is 0. The van der Waals surface area contributed by atoms with Crippen LogP contribution in [-0.4, -0.2) is 36.6 Å². The van der Waals surface area contributed by atoms with Gasteiger partial charge in [0.25, 0.3) is 0 Å². The van der Waals surface area contributed by atoms with Gasteiger partial charge in [-0.15, -0.1) is 0 Å². The Morgan fingerprint density at radius 1 is 0.857 bits per heavy atom. The monoisotopic (exact) mass is 370 g/mol. The van der Waals surface area contributed by atoms with Gasteiger partial charge in [0, 0.05) is 54.7 Å². The molecule has 4 aromatic heterocycles. The van der Waals surface area contributed by atoms with E-state index in [0.717, 1.165) is 16.8 Å². The van der Waals surface area contributed by atoms with Crippen LogP contribution in [0.15, 0.2) is 79.5 Å². The first-order chi connectivity index (χ1) is 13.8. The summed E-state index contributed by atoms with van der Waals surface area (Å²) in [5.41, 5.74) is 3.01. The van der Waals surface area contributed by atoms with Gasteiger partial charge in [0.15, 0.2) is 5.82 Å². The number of nitrogens with zero attached hydrogens (tertiary/aromatic N) is 5. The number of aliphatic hydroxyl groups excluding tert-OH is 1. The molecule has 0 saturated carbocycles. The van der Waals surface area contributed by atoms with Gasteiger partial charge in [-0.25, -0.2) is 9.97 Å². The Morgan fingerprint density at radius 3 is 2.43 bits per heavy atom. The Hall–Kier alpha value is -3.71. The van der Waals surface area contributed by atoms with E-state index in [4.69, 9.17) is 0 Å². The van der Waals surface area contributed by atoms with Crippen molar-refractivity contribution in [3.8, 4) is 22.8 Å². The molecule has 0 aliphatic rings. The van der Waals surface area contributed by atoms with Crippen molar-refractivity contribution in [2.45, 2.75) is 6.10 Å². The predicted molar refractivity (Wildman–Crippen MR) is 106 cm³/mol. The summed E-state index contributed by atoms with van der Waals surface area (Å²) in [5.74, 6) is 1.10. The number of hydrogen-bond acceptors (Lipinski definition) is 7. The topological polar surface area (TPSA) is 96.7 Å². The van der Waals surface area contributed by atoms with Gasteiger partial charge in [-0.2, -0.15) is 0 Å². The molecule has 0 aliphatic heterocycles. The summed E-state index contributed by atoms with van der Waals surface area (Å²) in [5, 5.41) is 13.6. The molecule has 7 nitrogen and oxygen atoms in total. The van der Waals surface area contributed by atoms with E-state index < -0.39 is 6.10 Å². The van der Waals surface area contributed by atoms with Crippen LogP contribution in [0.4, 0.5) is 5.82 Å². The summed E-state index contributed by atoms with van der Waals surface area (Å²) in [4.78, 5) is 21.7. The lowest BCUT2D eigenvalue weighted by Crippen LogP contribution is -2.13. The highest BCUT2D eigenvalue weighted by molar-refractivity contribution is 5.65. The van der Waals surface area contributed by atoms with Crippen LogP contribution in [0.25, 0.3) is 22.8 Å². The summed E-state index contributed by atoms with van der Waals surface area (Å²) in [6.45, 7) is 0.289. The molecule has 7 heteroatoms. The minimum absolute atomic E-state index is 0.289. The van der Waals surface area contributed by atoms with Gasteiger partial charge in [-0.05, 0) is 30.3 Å². The van der Waals surface area contributed by atoms with Crippen molar-refractivity contribution in [3.63, 3.8) is 0 Å². The van der Waals surface area contributed by atoms with E-state index in [2.05, 4.69) is 30.2 Å². The third-order valence-electron chi connectivity index (χ3n) is 4.12. The van der Waals surface area contributed by atoms with Crippen LogP contribution in [0, 0.1) is 0 Å². The standard InChI is InChI=1S/C21H18N6O/c28-19(16-6-4-9-23-13-16)14-25-20-11-18(15-5-3-8-22-12-15)26-21(27-20)17-7-1-2-10-24-17/h1-13,19,28H,14H2,(H,25,26,27). The number of rotatable bonds is 6. The first kappa shape index (κ1) is 17.7. The van der Waals surface area contributed by atoms with E-state index in [1.165, 1.54) is 0 Å². The molecule has 28 heavy (non-hydrogen) atoms. The smallest absolute Gasteiger partial charge is 0.180 e. The molecule has 0 bridgehead atoms. The molecule has 0 saturated heterocycles. The molecule has 0 radical (unpaired) electrons. The Morgan fingerprint density at radius 2 is 1.71 bits per heavy atom. The molecule has 0 fully saturated rings. The average Bonchev–Trinajstić information content (AvgIpc) is 2.79. The van der Waals surface area contributed by atoms with Gasteiger partial charge in [0.2, 0.25) is 0 Å². The fraction of sp³-hybridized carbons (Fsp3) is 0.0952. The van der Waals surface area contributed by atoms with Gasteiger partial charge in [0.05, 0.1) is 11.8 Å². The zero-order chi connectivity index (χ0) is 19.2. The minimum Gasteiger partial charge on any atom is -0.387 e. The maximum absolute atomic E-state index is 10.4. The first-order valence-corrected chi connectivity index (χ1v) is 8.82. The van der Waals surface area contributed by atoms with Gasteiger partial charge in [-0.1, -0.05) is 12.1 Å². The predicted octanol–water partition coefficient (Wildman–Crippen LogP) is 3.14. The highest BCUT2D eigenvalue weighted by atomic mass is 16.3. The van der Waals surface area contributed by atoms with E-state index >= 15 is 0 Å². The number of nitrogens with one attached hydrogen (secondary N) is 1. The average molecular weight is 370 g/mol. The molecule has 0 amide bonds. The van der Waals surface area contributed by atoms with Crippen molar-refractivity contribution in [1.29, 1.82) is 0 Å². The molecule has 1 atom stereocenters. The normalized spacial score (nSPS) is 11.8. The van der Waals surface area contributed by atoms with Gasteiger partial charge in [0.1, 0.15) is 11.5 Å². The van der Waals surface area contributed by atoms with Crippen molar-refractivity contribution in [1.82, 2.24) is 24.9 Å². The quantitative estimate of drug-likeness (QED) is 0.538. The molecule has 1 unspecified atom stereocenters. The zero-order valence-electron chi connectivity index (χ0n) is 15.0. The fourth-order valence-corrected chi connectivity index (χ4v) is 2.70. The molecule has 138 valence electrons. The number of aromatic nitrogens is 5. The molecule has 4 aromatic rings. The maximum atomic E-state index is 10.4. The van der Waals surface area contributed by atoms with Crippen LogP contribution >= 0.6 is 0 Å². The Bertz CT molecular complexity index is 971. The van der Waals surface area contributed by atoms with E-state index in [1.54, 1.807) is 37.1 Å². The van der Waals surface area contributed by atoms with E-state index in [9.17, 15) is 5.11 Å². The number of anilines is 1. The number of aliphatic hydroxyl groups is 1. The van der Waals surface area contributed by atoms with Crippen molar-refractivity contribution < 1.29 is 5.11 Å². The molecule has 2 N–H and O–H groups in total. The lowest BCUT2D eigenvalue weighted by Gasteiger charge is -2.14. The van der Waals surface area contributed by atoms with Gasteiger partial charge >= 0.3 is 0 Å². The molecular formula is C21H18N6O. The van der Waals surface area contributed by atoms with Crippen LogP contribution in [0.5, 0.6) is 0 Å². The molecular weight excluding hydrogens is 352 g/mol. The second kappa shape index (κ2) is 8.32. The number of hydrogen-bond donors (Lipinski definition) is 2. The fourth-order valence-electron chi connectivity index (χ4n) is 2.70. The van der Waals surface area contributed by atoms with E-state index in [1.807, 2.05) is 42.5 Å².